The number of fused-ring (bicyclic) bond motifs is 1. The Morgan fingerprint density at radius 1 is 1.33 bits per heavy atom. The maximum Gasteiger partial charge on any atom is 0.240 e. The number of hydrogen-bond donors (Lipinski definition) is 2. The average Bonchev–Trinajstić information content (AvgIpc) is 2.54. The first-order valence-corrected chi connectivity index (χ1v) is 8.18. The van der Waals surface area contributed by atoms with Crippen molar-refractivity contribution in [3.63, 3.8) is 0 Å². The third-order valence-electron chi connectivity index (χ3n) is 3.48. The predicted molar refractivity (Wildman–Crippen MR) is 79.1 cm³/mol. The van der Waals surface area contributed by atoms with Crippen molar-refractivity contribution in [3.8, 4) is 11.4 Å². The maximum absolute atomic E-state index is 11.9. The standard InChI is InChI=1S/C14H16N4O2S/c1-15-21(19,20)12-4-2-3-10(7-12)14-17-9-11-8-16-6-5-13(11)18-14/h2-4,7,9,15-16H,5-6,8H2,1H3. The Labute approximate surface area is 123 Å². The number of aromatic nitrogens is 2. The predicted octanol–water partition coefficient (Wildman–Crippen LogP) is 0.697. The van der Waals surface area contributed by atoms with E-state index in [1.807, 2.05) is 12.3 Å². The van der Waals surface area contributed by atoms with E-state index in [0.717, 1.165) is 30.8 Å². The van der Waals surface area contributed by atoms with Gasteiger partial charge in [-0.05, 0) is 19.2 Å². The van der Waals surface area contributed by atoms with Crippen LogP contribution < -0.4 is 10.0 Å². The molecule has 2 aromatic rings. The van der Waals surface area contributed by atoms with Crippen LogP contribution in [-0.4, -0.2) is 32.0 Å². The van der Waals surface area contributed by atoms with Gasteiger partial charge in [-0.1, -0.05) is 12.1 Å². The molecule has 1 aliphatic rings. The molecule has 2 N–H and O–H groups in total. The Morgan fingerprint density at radius 2 is 2.19 bits per heavy atom. The summed E-state index contributed by atoms with van der Waals surface area (Å²) in [6.07, 6.45) is 2.67. The first-order valence-electron chi connectivity index (χ1n) is 6.69. The molecule has 0 spiro atoms. The quantitative estimate of drug-likeness (QED) is 0.872. The molecule has 0 amide bonds. The molecule has 1 aromatic heterocycles. The summed E-state index contributed by atoms with van der Waals surface area (Å²) in [4.78, 5) is 9.12. The molecule has 0 radical (unpaired) electrons. The zero-order valence-corrected chi connectivity index (χ0v) is 12.4. The SMILES string of the molecule is CNS(=O)(=O)c1cccc(-c2ncc3c(n2)CCNC3)c1. The number of sulfonamides is 1. The van der Waals surface area contributed by atoms with Crippen molar-refractivity contribution >= 4 is 10.0 Å². The van der Waals surface area contributed by atoms with Gasteiger partial charge < -0.3 is 5.32 Å². The molecule has 0 fully saturated rings. The number of nitrogens with zero attached hydrogens (tertiary/aromatic N) is 2. The van der Waals surface area contributed by atoms with Crippen LogP contribution in [0.3, 0.4) is 0 Å². The van der Waals surface area contributed by atoms with Gasteiger partial charge in [0.25, 0.3) is 0 Å². The Morgan fingerprint density at radius 3 is 3.00 bits per heavy atom. The fraction of sp³-hybridized carbons (Fsp3) is 0.286. The van der Waals surface area contributed by atoms with Gasteiger partial charge in [-0.25, -0.2) is 23.1 Å². The lowest BCUT2D eigenvalue weighted by Gasteiger charge is -2.16. The lowest BCUT2D eigenvalue weighted by atomic mass is 10.1. The summed E-state index contributed by atoms with van der Waals surface area (Å²) >= 11 is 0. The van der Waals surface area contributed by atoms with Crippen LogP contribution in [0.15, 0.2) is 35.4 Å². The van der Waals surface area contributed by atoms with Crippen molar-refractivity contribution in [1.29, 1.82) is 0 Å². The van der Waals surface area contributed by atoms with Gasteiger partial charge >= 0.3 is 0 Å². The van der Waals surface area contributed by atoms with Gasteiger partial charge in [0.2, 0.25) is 10.0 Å². The molecule has 0 saturated heterocycles. The summed E-state index contributed by atoms with van der Waals surface area (Å²) in [5, 5.41) is 3.27. The van der Waals surface area contributed by atoms with E-state index >= 15 is 0 Å². The van der Waals surface area contributed by atoms with Crippen molar-refractivity contribution in [2.45, 2.75) is 17.9 Å². The van der Waals surface area contributed by atoms with Crippen LogP contribution in [-0.2, 0) is 23.0 Å². The smallest absolute Gasteiger partial charge is 0.240 e. The van der Waals surface area contributed by atoms with Gasteiger partial charge in [0.05, 0.1) is 10.6 Å². The molecule has 110 valence electrons. The Bertz CT molecular complexity index is 774. The summed E-state index contributed by atoms with van der Waals surface area (Å²) in [6.45, 7) is 1.68. The highest BCUT2D eigenvalue weighted by Crippen LogP contribution is 2.21. The highest BCUT2D eigenvalue weighted by molar-refractivity contribution is 7.89. The zero-order chi connectivity index (χ0) is 14.9. The molecular formula is C14H16N4O2S. The van der Waals surface area contributed by atoms with Crippen molar-refractivity contribution in [3.05, 3.63) is 41.7 Å². The van der Waals surface area contributed by atoms with E-state index in [2.05, 4.69) is 20.0 Å². The van der Waals surface area contributed by atoms with Crippen LogP contribution in [0.25, 0.3) is 11.4 Å². The fourth-order valence-corrected chi connectivity index (χ4v) is 3.07. The van der Waals surface area contributed by atoms with Gasteiger partial charge in [0.1, 0.15) is 0 Å². The summed E-state index contributed by atoms with van der Waals surface area (Å²) in [5.41, 5.74) is 2.83. The highest BCUT2D eigenvalue weighted by Gasteiger charge is 2.15. The molecule has 7 heteroatoms. The van der Waals surface area contributed by atoms with Gasteiger partial charge in [-0.2, -0.15) is 0 Å². The van der Waals surface area contributed by atoms with Crippen LogP contribution >= 0.6 is 0 Å². The number of nitrogens with one attached hydrogen (secondary N) is 2. The second-order valence-corrected chi connectivity index (χ2v) is 6.71. The van der Waals surface area contributed by atoms with E-state index in [1.54, 1.807) is 18.2 Å². The molecule has 0 unspecified atom stereocenters. The third-order valence-corrected chi connectivity index (χ3v) is 4.89. The average molecular weight is 304 g/mol. The largest absolute Gasteiger partial charge is 0.312 e. The van der Waals surface area contributed by atoms with Crippen molar-refractivity contribution < 1.29 is 8.42 Å². The first kappa shape index (κ1) is 14.1. The van der Waals surface area contributed by atoms with E-state index < -0.39 is 10.0 Å². The monoisotopic (exact) mass is 304 g/mol. The molecule has 0 aliphatic carbocycles. The number of benzene rings is 1. The molecule has 0 saturated carbocycles. The third kappa shape index (κ3) is 2.80. The van der Waals surface area contributed by atoms with E-state index in [4.69, 9.17) is 0 Å². The molecule has 21 heavy (non-hydrogen) atoms. The van der Waals surface area contributed by atoms with E-state index in [-0.39, 0.29) is 4.90 Å². The van der Waals surface area contributed by atoms with Crippen LogP contribution in [0.1, 0.15) is 11.3 Å². The minimum Gasteiger partial charge on any atom is -0.312 e. The van der Waals surface area contributed by atoms with Crippen molar-refractivity contribution in [1.82, 2.24) is 20.0 Å². The number of hydrogen-bond acceptors (Lipinski definition) is 5. The molecule has 3 rings (SSSR count). The van der Waals surface area contributed by atoms with Crippen molar-refractivity contribution in [2.24, 2.45) is 0 Å². The lowest BCUT2D eigenvalue weighted by molar-refractivity contribution is 0.588. The van der Waals surface area contributed by atoms with Crippen LogP contribution in [0.4, 0.5) is 0 Å². The maximum atomic E-state index is 11.9. The van der Waals surface area contributed by atoms with E-state index in [1.165, 1.54) is 7.05 Å². The molecule has 1 aliphatic heterocycles. The van der Waals surface area contributed by atoms with E-state index in [0.29, 0.717) is 11.4 Å². The van der Waals surface area contributed by atoms with E-state index in [9.17, 15) is 8.42 Å². The van der Waals surface area contributed by atoms with Gasteiger partial charge in [-0.3, -0.25) is 0 Å². The van der Waals surface area contributed by atoms with Crippen LogP contribution in [0.5, 0.6) is 0 Å². The first-order chi connectivity index (χ1) is 10.1. The molecule has 2 heterocycles. The van der Waals surface area contributed by atoms with Crippen molar-refractivity contribution in [2.75, 3.05) is 13.6 Å². The minimum absolute atomic E-state index is 0.213. The molecule has 6 nitrogen and oxygen atoms in total. The van der Waals surface area contributed by atoms with Gasteiger partial charge in [0, 0.05) is 36.8 Å². The summed E-state index contributed by atoms with van der Waals surface area (Å²) in [7, 11) is -2.07. The Balaban J connectivity index is 2.03. The molecule has 1 aromatic carbocycles. The van der Waals surface area contributed by atoms with Gasteiger partial charge in [0.15, 0.2) is 5.82 Å². The molecule has 0 atom stereocenters. The van der Waals surface area contributed by atoms with Crippen LogP contribution in [0.2, 0.25) is 0 Å². The Kier molecular flexibility index (Phi) is 3.71. The molecule has 0 bridgehead atoms. The minimum atomic E-state index is -3.46. The molecular weight excluding hydrogens is 288 g/mol. The highest BCUT2D eigenvalue weighted by atomic mass is 32.2. The normalized spacial score (nSPS) is 14.7. The second-order valence-electron chi connectivity index (χ2n) is 4.83. The fourth-order valence-electron chi connectivity index (χ4n) is 2.30. The van der Waals surface area contributed by atoms with Gasteiger partial charge in [-0.15, -0.1) is 0 Å². The second kappa shape index (κ2) is 5.51. The number of rotatable bonds is 3. The lowest BCUT2D eigenvalue weighted by Crippen LogP contribution is -2.25. The summed E-state index contributed by atoms with van der Waals surface area (Å²) < 4.78 is 26.0. The van der Waals surface area contributed by atoms with Crippen LogP contribution in [0, 0.1) is 0 Å². The topological polar surface area (TPSA) is 84.0 Å². The summed E-state index contributed by atoms with van der Waals surface area (Å²) in [5.74, 6) is 0.559. The zero-order valence-electron chi connectivity index (χ0n) is 11.6. The Hall–Kier alpha value is -1.83. The summed E-state index contributed by atoms with van der Waals surface area (Å²) in [6, 6.07) is 6.66.